The summed E-state index contributed by atoms with van der Waals surface area (Å²) in [5.74, 6) is -0.513. The number of halogens is 3. The minimum Gasteiger partial charge on any atom is -0.492 e. The maximum absolute atomic E-state index is 12.7. The van der Waals surface area contributed by atoms with Gasteiger partial charge in [-0.15, -0.1) is 0 Å². The first-order valence-corrected chi connectivity index (χ1v) is 6.19. The van der Waals surface area contributed by atoms with Crippen LogP contribution in [0.4, 0.5) is 18.9 Å². The van der Waals surface area contributed by atoms with Crippen LogP contribution in [0.3, 0.4) is 0 Å². The highest BCUT2D eigenvalue weighted by Crippen LogP contribution is 2.35. The van der Waals surface area contributed by atoms with Gasteiger partial charge in [-0.05, 0) is 25.1 Å². The van der Waals surface area contributed by atoms with Gasteiger partial charge in [0.1, 0.15) is 11.8 Å². The van der Waals surface area contributed by atoms with Gasteiger partial charge in [-0.25, -0.2) is 0 Å². The molecule has 0 spiro atoms. The molecule has 118 valence electrons. The first kappa shape index (κ1) is 17.3. The lowest BCUT2D eigenvalue weighted by molar-refractivity contribution is -0.137. The van der Waals surface area contributed by atoms with Crippen LogP contribution >= 0.6 is 0 Å². The van der Waals surface area contributed by atoms with Crippen LogP contribution < -0.4 is 15.8 Å². The number of nitrogens with two attached hydrogens (primary N) is 1. The van der Waals surface area contributed by atoms with Crippen LogP contribution in [0, 0.1) is 0 Å². The third-order valence-electron chi connectivity index (χ3n) is 2.55. The smallest absolute Gasteiger partial charge is 0.416 e. The molecule has 3 N–H and O–H groups in total. The Morgan fingerprint density at radius 3 is 2.62 bits per heavy atom. The fraction of sp³-hybridized carbons (Fsp3) is 0.462. The van der Waals surface area contributed by atoms with E-state index in [4.69, 9.17) is 15.2 Å². The highest BCUT2D eigenvalue weighted by Gasteiger charge is 2.31. The van der Waals surface area contributed by atoms with Crippen molar-refractivity contribution in [2.45, 2.75) is 19.1 Å². The van der Waals surface area contributed by atoms with Crippen molar-refractivity contribution < 1.29 is 27.4 Å². The number of methoxy groups -OCH3 is 1. The summed E-state index contributed by atoms with van der Waals surface area (Å²) in [7, 11) is 1.36. The SMILES string of the molecule is CCOc1ccc(C(F)(F)F)cc1NC(=O)C(N)COC. The van der Waals surface area contributed by atoms with Crippen molar-refractivity contribution in [3.8, 4) is 5.75 Å². The summed E-state index contributed by atoms with van der Waals surface area (Å²) in [4.78, 5) is 11.8. The summed E-state index contributed by atoms with van der Waals surface area (Å²) in [5, 5.41) is 2.32. The van der Waals surface area contributed by atoms with Gasteiger partial charge in [-0.1, -0.05) is 0 Å². The second-order valence-corrected chi connectivity index (χ2v) is 4.19. The first-order chi connectivity index (χ1) is 9.79. The lowest BCUT2D eigenvalue weighted by Crippen LogP contribution is -2.39. The first-order valence-electron chi connectivity index (χ1n) is 6.19. The van der Waals surface area contributed by atoms with Crippen LogP contribution in [-0.4, -0.2) is 32.3 Å². The molecule has 0 aliphatic carbocycles. The number of hydrogen-bond donors (Lipinski definition) is 2. The topological polar surface area (TPSA) is 73.6 Å². The average Bonchev–Trinajstić information content (AvgIpc) is 2.40. The summed E-state index contributed by atoms with van der Waals surface area (Å²) < 4.78 is 48.0. The van der Waals surface area contributed by atoms with Crippen molar-refractivity contribution >= 4 is 11.6 Å². The molecule has 0 bridgehead atoms. The van der Waals surface area contributed by atoms with E-state index in [0.29, 0.717) is 0 Å². The van der Waals surface area contributed by atoms with Crippen molar-refractivity contribution in [1.82, 2.24) is 0 Å². The fourth-order valence-corrected chi connectivity index (χ4v) is 1.57. The molecule has 0 radical (unpaired) electrons. The second-order valence-electron chi connectivity index (χ2n) is 4.19. The predicted octanol–water partition coefficient (Wildman–Crippen LogP) is 2.02. The molecule has 1 unspecified atom stereocenters. The zero-order valence-electron chi connectivity index (χ0n) is 11.7. The zero-order valence-corrected chi connectivity index (χ0v) is 11.7. The molecular formula is C13H17F3N2O3. The van der Waals surface area contributed by atoms with Crippen LogP contribution in [0.25, 0.3) is 0 Å². The zero-order chi connectivity index (χ0) is 16.0. The maximum atomic E-state index is 12.7. The summed E-state index contributed by atoms with van der Waals surface area (Å²) in [5.41, 5.74) is 4.56. The van der Waals surface area contributed by atoms with Gasteiger partial charge in [0, 0.05) is 7.11 Å². The van der Waals surface area contributed by atoms with E-state index in [-0.39, 0.29) is 24.7 Å². The molecule has 0 heterocycles. The summed E-state index contributed by atoms with van der Waals surface area (Å²) in [6.45, 7) is 1.88. The standard InChI is InChI=1S/C13H17F3N2O3/c1-3-21-11-5-4-8(13(14,15)16)6-10(11)18-12(19)9(17)7-20-2/h4-6,9H,3,7,17H2,1-2H3,(H,18,19). The minimum absolute atomic E-state index is 0.0469. The van der Waals surface area contributed by atoms with Crippen molar-refractivity contribution in [3.05, 3.63) is 23.8 Å². The number of nitrogens with one attached hydrogen (secondary N) is 1. The Morgan fingerprint density at radius 2 is 2.10 bits per heavy atom. The normalized spacial score (nSPS) is 12.9. The van der Waals surface area contributed by atoms with Crippen molar-refractivity contribution in [1.29, 1.82) is 0 Å². The van der Waals surface area contributed by atoms with E-state index in [2.05, 4.69) is 5.32 Å². The van der Waals surface area contributed by atoms with Gasteiger partial charge in [0.25, 0.3) is 0 Å². The van der Waals surface area contributed by atoms with E-state index in [1.165, 1.54) is 7.11 Å². The number of hydrogen-bond acceptors (Lipinski definition) is 4. The molecule has 0 saturated heterocycles. The van der Waals surface area contributed by atoms with Crippen molar-refractivity contribution in [2.24, 2.45) is 5.73 Å². The third kappa shape index (κ3) is 4.91. The van der Waals surface area contributed by atoms with Gasteiger partial charge in [0.15, 0.2) is 0 Å². The molecule has 8 heteroatoms. The molecule has 1 amide bonds. The molecule has 0 aliphatic rings. The molecule has 1 aromatic carbocycles. The van der Waals surface area contributed by atoms with E-state index >= 15 is 0 Å². The molecular weight excluding hydrogens is 289 g/mol. The van der Waals surface area contributed by atoms with Gasteiger partial charge in [-0.2, -0.15) is 13.2 Å². The van der Waals surface area contributed by atoms with E-state index in [0.717, 1.165) is 18.2 Å². The van der Waals surface area contributed by atoms with Crippen LogP contribution in [0.15, 0.2) is 18.2 Å². The number of carbonyl (C=O) groups is 1. The second kappa shape index (κ2) is 7.28. The average molecular weight is 306 g/mol. The van der Waals surface area contributed by atoms with Crippen LogP contribution in [0.5, 0.6) is 5.75 Å². The van der Waals surface area contributed by atoms with Gasteiger partial charge >= 0.3 is 6.18 Å². The molecule has 0 saturated carbocycles. The molecule has 1 atom stereocenters. The van der Waals surface area contributed by atoms with Crippen LogP contribution in [-0.2, 0) is 15.7 Å². The van der Waals surface area contributed by atoms with Crippen molar-refractivity contribution in [3.63, 3.8) is 0 Å². The summed E-state index contributed by atoms with van der Waals surface area (Å²) in [6, 6.07) is 1.86. The Labute approximate surface area is 120 Å². The Balaban J connectivity index is 3.03. The largest absolute Gasteiger partial charge is 0.492 e. The minimum atomic E-state index is -4.52. The summed E-state index contributed by atoms with van der Waals surface area (Å²) >= 11 is 0. The van der Waals surface area contributed by atoms with Gasteiger partial charge < -0.3 is 20.5 Å². The Bertz CT molecular complexity index is 492. The number of benzene rings is 1. The molecule has 1 rings (SSSR count). The van der Waals surface area contributed by atoms with E-state index in [9.17, 15) is 18.0 Å². The van der Waals surface area contributed by atoms with Gasteiger partial charge in [0.05, 0.1) is 24.5 Å². The summed E-state index contributed by atoms with van der Waals surface area (Å²) in [6.07, 6.45) is -4.52. The van der Waals surface area contributed by atoms with Crippen LogP contribution in [0.1, 0.15) is 12.5 Å². The van der Waals surface area contributed by atoms with Crippen molar-refractivity contribution in [2.75, 3.05) is 25.6 Å². The van der Waals surface area contributed by atoms with E-state index < -0.39 is 23.7 Å². The highest BCUT2D eigenvalue weighted by molar-refractivity contribution is 5.96. The van der Waals surface area contributed by atoms with E-state index in [1.54, 1.807) is 6.92 Å². The monoisotopic (exact) mass is 306 g/mol. The Kier molecular flexibility index (Phi) is 5.98. The van der Waals surface area contributed by atoms with Gasteiger partial charge in [-0.3, -0.25) is 4.79 Å². The Morgan fingerprint density at radius 1 is 1.43 bits per heavy atom. The third-order valence-corrected chi connectivity index (χ3v) is 2.55. The molecule has 0 fully saturated rings. The molecule has 0 aromatic heterocycles. The lowest BCUT2D eigenvalue weighted by Gasteiger charge is -2.16. The molecule has 0 aliphatic heterocycles. The lowest BCUT2D eigenvalue weighted by atomic mass is 10.1. The quantitative estimate of drug-likeness (QED) is 0.843. The number of rotatable bonds is 6. The van der Waals surface area contributed by atoms with Gasteiger partial charge in [0.2, 0.25) is 5.91 Å². The fourth-order valence-electron chi connectivity index (χ4n) is 1.57. The Hall–Kier alpha value is -1.80. The van der Waals surface area contributed by atoms with Crippen LogP contribution in [0.2, 0.25) is 0 Å². The molecule has 21 heavy (non-hydrogen) atoms. The number of ether oxygens (including phenoxy) is 2. The number of amides is 1. The number of anilines is 1. The number of alkyl halides is 3. The molecule has 5 nitrogen and oxygen atoms in total. The number of carbonyl (C=O) groups excluding carboxylic acids is 1. The highest BCUT2D eigenvalue weighted by atomic mass is 19.4. The maximum Gasteiger partial charge on any atom is 0.416 e. The predicted molar refractivity (Wildman–Crippen MR) is 71.1 cm³/mol. The molecule has 1 aromatic rings. The van der Waals surface area contributed by atoms with E-state index in [1.807, 2.05) is 0 Å².